The van der Waals surface area contributed by atoms with Gasteiger partial charge in [-0.15, -0.1) is 11.3 Å². The first-order valence-corrected chi connectivity index (χ1v) is 7.77. The second kappa shape index (κ2) is 6.53. The predicted octanol–water partition coefficient (Wildman–Crippen LogP) is 2.93. The van der Waals surface area contributed by atoms with Crippen LogP contribution in [-0.4, -0.2) is 21.8 Å². The molecule has 3 aromatic rings. The molecule has 0 aliphatic heterocycles. The fourth-order valence-electron chi connectivity index (χ4n) is 1.93. The van der Waals surface area contributed by atoms with Crippen LogP contribution < -0.4 is 5.32 Å². The number of carbonyl (C=O) groups is 2. The highest BCUT2D eigenvalue weighted by molar-refractivity contribution is 7.12. The van der Waals surface area contributed by atoms with Crippen molar-refractivity contribution in [1.82, 2.24) is 15.5 Å². The molecule has 0 saturated heterocycles. The summed E-state index contributed by atoms with van der Waals surface area (Å²) in [6.45, 7) is 1.60. The van der Waals surface area contributed by atoms with Gasteiger partial charge >= 0.3 is 0 Å². The topological polar surface area (TPSA) is 85.1 Å². The van der Waals surface area contributed by atoms with Gasteiger partial charge in [-0.2, -0.15) is 4.98 Å². The minimum absolute atomic E-state index is 0.0570. The molecule has 0 radical (unpaired) electrons. The molecule has 7 heteroatoms. The number of nitrogens with one attached hydrogen (secondary N) is 1. The number of hydrogen-bond donors (Lipinski definition) is 1. The molecule has 1 amide bonds. The SMILES string of the molecule is CC(=O)c1cc(C(=O)NCc2nc(-c3ccccc3)no2)cs1. The van der Waals surface area contributed by atoms with E-state index in [0.29, 0.717) is 22.2 Å². The lowest BCUT2D eigenvalue weighted by Crippen LogP contribution is -2.22. The van der Waals surface area contributed by atoms with Crippen molar-refractivity contribution in [1.29, 1.82) is 0 Å². The number of nitrogens with zero attached hydrogens (tertiary/aromatic N) is 2. The maximum absolute atomic E-state index is 12.0. The number of Topliss-reactive ketones (excluding diaryl/α,β-unsaturated/α-hetero) is 1. The van der Waals surface area contributed by atoms with Gasteiger partial charge in [0.15, 0.2) is 5.78 Å². The summed E-state index contributed by atoms with van der Waals surface area (Å²) in [5.74, 6) is 0.454. The lowest BCUT2D eigenvalue weighted by atomic mass is 10.2. The van der Waals surface area contributed by atoms with E-state index in [2.05, 4.69) is 15.5 Å². The smallest absolute Gasteiger partial charge is 0.252 e. The molecule has 0 aliphatic carbocycles. The number of thiophene rings is 1. The molecule has 0 spiro atoms. The molecular weight excluding hydrogens is 314 g/mol. The third-order valence-electron chi connectivity index (χ3n) is 3.11. The molecule has 1 aromatic carbocycles. The summed E-state index contributed by atoms with van der Waals surface area (Å²) in [6.07, 6.45) is 0. The molecule has 116 valence electrons. The van der Waals surface area contributed by atoms with Crippen molar-refractivity contribution in [2.75, 3.05) is 0 Å². The van der Waals surface area contributed by atoms with Crippen molar-refractivity contribution in [3.05, 3.63) is 58.1 Å². The first kappa shape index (κ1) is 15.1. The fraction of sp³-hybridized carbons (Fsp3) is 0.125. The average molecular weight is 327 g/mol. The lowest BCUT2D eigenvalue weighted by molar-refractivity contribution is 0.0946. The number of ketones is 1. The van der Waals surface area contributed by atoms with Gasteiger partial charge in [0.25, 0.3) is 5.91 Å². The third-order valence-corrected chi connectivity index (χ3v) is 4.14. The van der Waals surface area contributed by atoms with E-state index in [1.165, 1.54) is 18.3 Å². The standard InChI is InChI=1S/C16H13N3O3S/c1-10(20)13-7-12(9-23-13)16(21)17-8-14-18-15(19-22-14)11-5-3-2-4-6-11/h2-7,9H,8H2,1H3,(H,17,21). The van der Waals surface area contributed by atoms with Gasteiger partial charge in [-0.25, -0.2) is 0 Å². The maximum atomic E-state index is 12.0. The largest absolute Gasteiger partial charge is 0.343 e. The van der Waals surface area contributed by atoms with Crippen LogP contribution in [0.4, 0.5) is 0 Å². The van der Waals surface area contributed by atoms with Crippen molar-refractivity contribution in [2.45, 2.75) is 13.5 Å². The van der Waals surface area contributed by atoms with Crippen molar-refractivity contribution < 1.29 is 14.1 Å². The Kier molecular flexibility index (Phi) is 4.29. The number of benzene rings is 1. The third kappa shape index (κ3) is 3.51. The van der Waals surface area contributed by atoms with Crippen molar-refractivity contribution >= 4 is 23.0 Å². The first-order chi connectivity index (χ1) is 11.1. The second-order valence-corrected chi connectivity index (χ2v) is 5.73. The Morgan fingerprint density at radius 3 is 2.74 bits per heavy atom. The predicted molar refractivity (Wildman–Crippen MR) is 85.2 cm³/mol. The molecule has 3 rings (SSSR count). The molecule has 0 saturated carbocycles. The van der Waals surface area contributed by atoms with Gasteiger partial charge in [0.1, 0.15) is 0 Å². The summed E-state index contributed by atoms with van der Waals surface area (Å²) in [5, 5.41) is 8.22. The van der Waals surface area contributed by atoms with Crippen molar-refractivity contribution in [3.63, 3.8) is 0 Å². The first-order valence-electron chi connectivity index (χ1n) is 6.89. The van der Waals surface area contributed by atoms with Crippen LogP contribution in [0.2, 0.25) is 0 Å². The summed E-state index contributed by atoms with van der Waals surface area (Å²) in [4.78, 5) is 28.1. The molecule has 23 heavy (non-hydrogen) atoms. The van der Waals surface area contributed by atoms with Crippen LogP contribution in [0, 0.1) is 0 Å². The van der Waals surface area contributed by atoms with E-state index in [4.69, 9.17) is 4.52 Å². The molecule has 0 aliphatic rings. The normalized spacial score (nSPS) is 10.5. The van der Waals surface area contributed by atoms with E-state index in [1.54, 1.807) is 11.4 Å². The van der Waals surface area contributed by atoms with E-state index in [0.717, 1.165) is 5.56 Å². The Morgan fingerprint density at radius 1 is 1.26 bits per heavy atom. The zero-order chi connectivity index (χ0) is 16.2. The van der Waals surface area contributed by atoms with Crippen LogP contribution in [0.15, 0.2) is 46.3 Å². The number of amides is 1. The second-order valence-electron chi connectivity index (χ2n) is 4.82. The number of hydrogen-bond acceptors (Lipinski definition) is 6. The highest BCUT2D eigenvalue weighted by Gasteiger charge is 2.13. The van der Waals surface area contributed by atoms with Crippen LogP contribution in [0.5, 0.6) is 0 Å². The number of rotatable bonds is 5. The summed E-state index contributed by atoms with van der Waals surface area (Å²) >= 11 is 1.25. The number of aromatic nitrogens is 2. The maximum Gasteiger partial charge on any atom is 0.252 e. The Bertz CT molecular complexity index is 839. The summed E-state index contributed by atoms with van der Waals surface area (Å²) in [7, 11) is 0. The van der Waals surface area contributed by atoms with Crippen molar-refractivity contribution in [2.24, 2.45) is 0 Å². The van der Waals surface area contributed by atoms with Crippen LogP contribution in [-0.2, 0) is 6.54 Å². The Morgan fingerprint density at radius 2 is 2.04 bits per heavy atom. The van der Waals surface area contributed by atoms with E-state index in [-0.39, 0.29) is 18.2 Å². The summed E-state index contributed by atoms with van der Waals surface area (Å²) < 4.78 is 5.12. The van der Waals surface area contributed by atoms with Gasteiger partial charge in [0, 0.05) is 10.9 Å². The average Bonchev–Trinajstić information content (AvgIpc) is 3.23. The van der Waals surface area contributed by atoms with Crippen LogP contribution in [0.25, 0.3) is 11.4 Å². The zero-order valence-corrected chi connectivity index (χ0v) is 13.1. The Balaban J connectivity index is 1.63. The molecule has 6 nitrogen and oxygen atoms in total. The number of carbonyl (C=O) groups excluding carboxylic acids is 2. The summed E-state index contributed by atoms with van der Waals surface area (Å²) in [5.41, 5.74) is 1.29. The van der Waals surface area contributed by atoms with E-state index in [9.17, 15) is 9.59 Å². The molecule has 0 fully saturated rings. The lowest BCUT2D eigenvalue weighted by Gasteiger charge is -1.98. The van der Waals surface area contributed by atoms with Gasteiger partial charge in [-0.05, 0) is 13.0 Å². The molecule has 2 aromatic heterocycles. The Hall–Kier alpha value is -2.80. The minimum atomic E-state index is -0.284. The van der Waals surface area contributed by atoms with Crippen molar-refractivity contribution in [3.8, 4) is 11.4 Å². The molecular formula is C16H13N3O3S. The molecule has 0 atom stereocenters. The van der Waals surface area contributed by atoms with Gasteiger partial charge in [0.2, 0.25) is 11.7 Å². The Labute approximate surface area is 136 Å². The van der Waals surface area contributed by atoms with Gasteiger partial charge < -0.3 is 9.84 Å². The summed E-state index contributed by atoms with van der Waals surface area (Å²) in [6, 6.07) is 11.0. The van der Waals surface area contributed by atoms with Gasteiger partial charge in [0.05, 0.1) is 17.0 Å². The molecule has 0 bridgehead atoms. The van der Waals surface area contributed by atoms with E-state index < -0.39 is 0 Å². The quantitative estimate of drug-likeness (QED) is 0.728. The van der Waals surface area contributed by atoms with Crippen LogP contribution in [0.3, 0.4) is 0 Å². The zero-order valence-electron chi connectivity index (χ0n) is 12.3. The molecule has 0 unspecified atom stereocenters. The minimum Gasteiger partial charge on any atom is -0.343 e. The van der Waals surface area contributed by atoms with E-state index in [1.807, 2.05) is 30.3 Å². The monoisotopic (exact) mass is 327 g/mol. The molecule has 2 heterocycles. The van der Waals surface area contributed by atoms with Crippen LogP contribution >= 0.6 is 11.3 Å². The van der Waals surface area contributed by atoms with Crippen LogP contribution in [0.1, 0.15) is 32.8 Å². The van der Waals surface area contributed by atoms with Gasteiger partial charge in [-0.1, -0.05) is 35.5 Å². The fourth-order valence-corrected chi connectivity index (χ4v) is 2.72. The molecule has 1 N–H and O–H groups in total. The highest BCUT2D eigenvalue weighted by atomic mass is 32.1. The van der Waals surface area contributed by atoms with E-state index >= 15 is 0 Å². The van der Waals surface area contributed by atoms with Gasteiger partial charge in [-0.3, -0.25) is 9.59 Å². The highest BCUT2D eigenvalue weighted by Crippen LogP contribution is 2.16.